The Hall–Kier alpha value is -1.54. The normalized spacial score (nSPS) is 14.7. The average Bonchev–Trinajstić information content (AvgIpc) is 2.74. The Kier molecular flexibility index (Phi) is 4.45. The predicted octanol–water partition coefficient (Wildman–Crippen LogP) is 2.83. The fourth-order valence-electron chi connectivity index (χ4n) is 2.72. The van der Waals surface area contributed by atoms with Crippen LogP contribution in [0.15, 0.2) is 27.4 Å². The average molecular weight is 309 g/mol. The number of benzene rings is 1. The molecule has 112 valence electrons. The van der Waals surface area contributed by atoms with Gasteiger partial charge in [0.25, 0.3) is 0 Å². The molecule has 21 heavy (non-hydrogen) atoms. The lowest BCUT2D eigenvalue weighted by Crippen LogP contribution is -2.10. The third kappa shape index (κ3) is 3.06. The Bertz CT molecular complexity index is 700. The minimum Gasteiger partial charge on any atom is -0.422 e. The minimum absolute atomic E-state index is 0.258. The van der Waals surface area contributed by atoms with Gasteiger partial charge in [0, 0.05) is 17.0 Å². The molecule has 0 unspecified atom stereocenters. The van der Waals surface area contributed by atoms with Crippen molar-refractivity contribution in [2.24, 2.45) is 5.14 Å². The minimum atomic E-state index is -0.258. The molecule has 1 aromatic heterocycles. The summed E-state index contributed by atoms with van der Waals surface area (Å²) in [4.78, 5) is 17.0. The van der Waals surface area contributed by atoms with Crippen LogP contribution in [-0.4, -0.2) is 0 Å². The zero-order valence-electron chi connectivity index (χ0n) is 11.3. The molecular weight excluding hydrogens is 294 g/mol. The standard InChI is InChI=1S/C14H15NO5S/c15-21-20-19-18-9-6-7-11-10-4-2-1-3-5-12(10)14(16)17-13(11)8-9/h6-8H,1-5,15H2. The van der Waals surface area contributed by atoms with Crippen LogP contribution >= 0.6 is 12.2 Å². The summed E-state index contributed by atoms with van der Waals surface area (Å²) in [5.41, 5.74) is 2.14. The summed E-state index contributed by atoms with van der Waals surface area (Å²) in [6.07, 6.45) is 4.96. The maximum atomic E-state index is 12.1. The third-order valence-corrected chi connectivity index (χ3v) is 3.78. The summed E-state index contributed by atoms with van der Waals surface area (Å²) < 4.78 is 9.76. The third-order valence-electron chi connectivity index (χ3n) is 3.64. The van der Waals surface area contributed by atoms with E-state index in [-0.39, 0.29) is 5.63 Å². The fourth-order valence-corrected chi connectivity index (χ4v) is 2.78. The topological polar surface area (TPSA) is 83.9 Å². The maximum absolute atomic E-state index is 12.1. The predicted molar refractivity (Wildman–Crippen MR) is 78.3 cm³/mol. The van der Waals surface area contributed by atoms with Gasteiger partial charge in [-0.3, -0.25) is 5.14 Å². The van der Waals surface area contributed by atoms with Crippen LogP contribution in [-0.2, 0) is 22.2 Å². The van der Waals surface area contributed by atoms with Crippen LogP contribution in [0.4, 0.5) is 0 Å². The lowest BCUT2D eigenvalue weighted by molar-refractivity contribution is -0.403. The SMILES string of the molecule is NSOOOc1ccc2c3c(c(=O)oc2c1)CCCCC3. The molecule has 1 heterocycles. The van der Waals surface area contributed by atoms with Gasteiger partial charge in [-0.2, -0.15) is 0 Å². The molecule has 1 aliphatic carbocycles. The van der Waals surface area contributed by atoms with E-state index in [0.717, 1.165) is 48.6 Å². The van der Waals surface area contributed by atoms with Gasteiger partial charge in [0.05, 0.1) is 0 Å². The first kappa shape index (κ1) is 14.4. The van der Waals surface area contributed by atoms with E-state index in [9.17, 15) is 4.79 Å². The molecule has 0 spiro atoms. The molecule has 7 heteroatoms. The van der Waals surface area contributed by atoms with Gasteiger partial charge < -0.3 is 9.30 Å². The molecule has 1 aromatic carbocycles. The molecule has 2 N–H and O–H groups in total. The fraction of sp³-hybridized carbons (Fsp3) is 0.357. The first-order valence-corrected chi connectivity index (χ1v) is 7.55. The van der Waals surface area contributed by atoms with Gasteiger partial charge in [-0.25, -0.2) is 4.79 Å². The van der Waals surface area contributed by atoms with E-state index in [2.05, 4.69) is 9.37 Å². The van der Waals surface area contributed by atoms with Gasteiger partial charge in [0.2, 0.25) is 0 Å². The van der Waals surface area contributed by atoms with Crippen LogP contribution in [0.3, 0.4) is 0 Å². The Balaban J connectivity index is 2.01. The highest BCUT2D eigenvalue weighted by Crippen LogP contribution is 2.28. The zero-order valence-corrected chi connectivity index (χ0v) is 12.1. The summed E-state index contributed by atoms with van der Waals surface area (Å²) >= 11 is 0.527. The van der Waals surface area contributed by atoms with Crippen molar-refractivity contribution in [2.45, 2.75) is 32.1 Å². The van der Waals surface area contributed by atoms with Gasteiger partial charge in [-0.1, -0.05) is 6.42 Å². The first-order chi connectivity index (χ1) is 10.3. The van der Waals surface area contributed by atoms with Crippen molar-refractivity contribution in [3.8, 4) is 5.75 Å². The summed E-state index contributed by atoms with van der Waals surface area (Å²) in [6.45, 7) is 0. The highest BCUT2D eigenvalue weighted by Gasteiger charge is 2.17. The van der Waals surface area contributed by atoms with Crippen molar-refractivity contribution < 1.29 is 18.7 Å². The number of hydrogen-bond acceptors (Lipinski definition) is 7. The zero-order chi connectivity index (χ0) is 14.7. The van der Waals surface area contributed by atoms with Crippen molar-refractivity contribution in [3.05, 3.63) is 39.7 Å². The molecule has 0 radical (unpaired) electrons. The van der Waals surface area contributed by atoms with E-state index in [1.165, 1.54) is 0 Å². The van der Waals surface area contributed by atoms with Crippen LogP contribution in [0.5, 0.6) is 5.75 Å². The molecule has 6 nitrogen and oxygen atoms in total. The molecule has 0 aliphatic heterocycles. The van der Waals surface area contributed by atoms with Crippen molar-refractivity contribution in [1.82, 2.24) is 0 Å². The molecule has 0 fully saturated rings. The second-order valence-electron chi connectivity index (χ2n) is 4.88. The van der Waals surface area contributed by atoms with E-state index in [4.69, 9.17) is 14.4 Å². The Morgan fingerprint density at radius 3 is 2.76 bits per heavy atom. The summed E-state index contributed by atoms with van der Waals surface area (Å²) in [5.74, 6) is 0.369. The van der Waals surface area contributed by atoms with Crippen molar-refractivity contribution >= 4 is 23.2 Å². The van der Waals surface area contributed by atoms with Crippen LogP contribution in [0.2, 0.25) is 0 Å². The smallest absolute Gasteiger partial charge is 0.339 e. The highest BCUT2D eigenvalue weighted by molar-refractivity contribution is 7.92. The molecule has 0 amide bonds. The van der Waals surface area contributed by atoms with Crippen molar-refractivity contribution in [1.29, 1.82) is 0 Å². The van der Waals surface area contributed by atoms with Crippen LogP contribution in [0, 0.1) is 0 Å². The van der Waals surface area contributed by atoms with Gasteiger partial charge in [0.1, 0.15) is 17.8 Å². The Labute approximate surface area is 125 Å². The highest BCUT2D eigenvalue weighted by atomic mass is 32.2. The van der Waals surface area contributed by atoms with Crippen molar-refractivity contribution in [3.63, 3.8) is 0 Å². The van der Waals surface area contributed by atoms with Crippen LogP contribution in [0.25, 0.3) is 11.0 Å². The van der Waals surface area contributed by atoms with Gasteiger partial charge >= 0.3 is 5.63 Å². The number of nitrogens with two attached hydrogens (primary N) is 1. The van der Waals surface area contributed by atoms with Gasteiger partial charge in [0.15, 0.2) is 5.75 Å². The lowest BCUT2D eigenvalue weighted by atomic mass is 10.0. The second-order valence-corrected chi connectivity index (χ2v) is 5.21. The molecular formula is C14H15NO5S. The number of rotatable bonds is 4. The first-order valence-electron chi connectivity index (χ1n) is 6.75. The number of hydrogen-bond donors (Lipinski definition) is 1. The maximum Gasteiger partial charge on any atom is 0.339 e. The van der Waals surface area contributed by atoms with Crippen LogP contribution in [0.1, 0.15) is 30.4 Å². The molecule has 0 saturated heterocycles. The number of fused-ring (bicyclic) bond motifs is 3. The van der Waals surface area contributed by atoms with E-state index in [1.807, 2.05) is 6.07 Å². The molecule has 2 aromatic rings. The summed E-state index contributed by atoms with van der Waals surface area (Å²) in [6, 6.07) is 5.21. The van der Waals surface area contributed by atoms with Gasteiger partial charge in [-0.15, -0.1) is 4.33 Å². The largest absolute Gasteiger partial charge is 0.422 e. The molecule has 0 saturated carbocycles. The number of aryl methyl sites for hydroxylation is 1. The molecule has 0 atom stereocenters. The van der Waals surface area contributed by atoms with E-state index >= 15 is 0 Å². The van der Waals surface area contributed by atoms with Crippen LogP contribution < -0.4 is 15.7 Å². The van der Waals surface area contributed by atoms with Crippen molar-refractivity contribution in [2.75, 3.05) is 0 Å². The molecule has 1 aliphatic rings. The Morgan fingerprint density at radius 2 is 1.95 bits per heavy atom. The second kappa shape index (κ2) is 6.48. The lowest BCUT2D eigenvalue weighted by Gasteiger charge is -2.09. The Morgan fingerprint density at radius 1 is 1.14 bits per heavy atom. The van der Waals surface area contributed by atoms with E-state index in [0.29, 0.717) is 23.6 Å². The summed E-state index contributed by atoms with van der Waals surface area (Å²) in [5, 5.41) is 10.4. The molecule has 0 bridgehead atoms. The van der Waals surface area contributed by atoms with E-state index in [1.54, 1.807) is 12.1 Å². The monoisotopic (exact) mass is 309 g/mol. The quantitative estimate of drug-likeness (QED) is 0.177. The van der Waals surface area contributed by atoms with E-state index < -0.39 is 0 Å². The van der Waals surface area contributed by atoms with Gasteiger partial charge in [-0.05, 0) is 48.4 Å². The summed E-state index contributed by atoms with van der Waals surface area (Å²) in [7, 11) is 0. The molecule has 3 rings (SSSR count).